The van der Waals surface area contributed by atoms with Gasteiger partial charge in [-0.2, -0.15) is 0 Å². The van der Waals surface area contributed by atoms with Crippen molar-refractivity contribution in [1.82, 2.24) is 10.6 Å². The molecule has 0 aromatic carbocycles. The van der Waals surface area contributed by atoms with E-state index in [1.165, 1.54) is 0 Å². The van der Waals surface area contributed by atoms with Crippen molar-refractivity contribution < 1.29 is 9.53 Å². The second-order valence-corrected chi connectivity index (χ2v) is 4.24. The molecule has 0 aliphatic heterocycles. The fraction of sp³-hybridized carbons (Fsp3) is 0.917. The molecule has 96 valence electrons. The van der Waals surface area contributed by atoms with Gasteiger partial charge in [-0.1, -0.05) is 13.8 Å². The predicted octanol–water partition coefficient (Wildman–Crippen LogP) is 1.16. The molecule has 0 fully saturated rings. The predicted molar refractivity (Wildman–Crippen MR) is 66.4 cm³/mol. The van der Waals surface area contributed by atoms with Gasteiger partial charge in [-0.15, -0.1) is 0 Å². The quantitative estimate of drug-likeness (QED) is 0.584. The fourth-order valence-corrected chi connectivity index (χ4v) is 1.39. The molecule has 1 unspecified atom stereocenters. The maximum atomic E-state index is 11.0. The number of rotatable bonds is 9. The van der Waals surface area contributed by atoms with E-state index in [-0.39, 0.29) is 5.91 Å². The molecule has 0 aliphatic rings. The summed E-state index contributed by atoms with van der Waals surface area (Å²) in [5.41, 5.74) is 0. The Morgan fingerprint density at radius 2 is 2.06 bits per heavy atom. The summed E-state index contributed by atoms with van der Waals surface area (Å²) in [5.74, 6) is 0.652. The molecule has 4 heteroatoms. The van der Waals surface area contributed by atoms with Crippen LogP contribution in [0.15, 0.2) is 0 Å². The summed E-state index contributed by atoms with van der Waals surface area (Å²) in [4.78, 5) is 11.0. The van der Waals surface area contributed by atoms with Gasteiger partial charge in [-0.3, -0.25) is 4.79 Å². The van der Waals surface area contributed by atoms with E-state index in [0.29, 0.717) is 18.4 Å². The molecule has 0 saturated heterocycles. The standard InChI is InChI=1S/C12H26N2O2/c1-5-16-9-11(10(2)3)14-8-6-7-12(15)13-4/h10-11,14H,5-9H2,1-4H3,(H,13,15). The lowest BCUT2D eigenvalue weighted by atomic mass is 10.1. The van der Waals surface area contributed by atoms with E-state index in [4.69, 9.17) is 4.74 Å². The molecule has 1 amide bonds. The van der Waals surface area contributed by atoms with Gasteiger partial charge in [0, 0.05) is 26.1 Å². The van der Waals surface area contributed by atoms with Gasteiger partial charge >= 0.3 is 0 Å². The lowest BCUT2D eigenvalue weighted by Gasteiger charge is -2.22. The molecular formula is C12H26N2O2. The molecule has 0 bridgehead atoms. The Morgan fingerprint density at radius 3 is 2.56 bits per heavy atom. The van der Waals surface area contributed by atoms with Crippen molar-refractivity contribution in [2.24, 2.45) is 5.92 Å². The van der Waals surface area contributed by atoms with E-state index < -0.39 is 0 Å². The summed E-state index contributed by atoms with van der Waals surface area (Å²) in [6.07, 6.45) is 1.46. The van der Waals surface area contributed by atoms with Crippen LogP contribution in [-0.4, -0.2) is 38.8 Å². The normalized spacial score (nSPS) is 12.8. The highest BCUT2D eigenvalue weighted by Crippen LogP contribution is 2.02. The Bertz CT molecular complexity index is 184. The largest absolute Gasteiger partial charge is 0.380 e. The van der Waals surface area contributed by atoms with Crippen LogP contribution in [-0.2, 0) is 9.53 Å². The highest BCUT2D eigenvalue weighted by Gasteiger charge is 2.12. The molecule has 0 aromatic rings. The van der Waals surface area contributed by atoms with Crippen LogP contribution in [0.1, 0.15) is 33.6 Å². The fourth-order valence-electron chi connectivity index (χ4n) is 1.39. The molecular weight excluding hydrogens is 204 g/mol. The zero-order valence-corrected chi connectivity index (χ0v) is 11.0. The van der Waals surface area contributed by atoms with E-state index in [9.17, 15) is 4.79 Å². The van der Waals surface area contributed by atoms with Gasteiger partial charge in [0.2, 0.25) is 5.91 Å². The minimum atomic E-state index is 0.104. The van der Waals surface area contributed by atoms with Crippen LogP contribution in [0.2, 0.25) is 0 Å². The molecule has 4 nitrogen and oxygen atoms in total. The summed E-state index contributed by atoms with van der Waals surface area (Å²) >= 11 is 0. The number of hydrogen-bond donors (Lipinski definition) is 2. The first kappa shape index (κ1) is 15.4. The number of carbonyl (C=O) groups excluding carboxylic acids is 1. The summed E-state index contributed by atoms with van der Waals surface area (Å²) in [5, 5.41) is 6.05. The topological polar surface area (TPSA) is 50.4 Å². The highest BCUT2D eigenvalue weighted by molar-refractivity contribution is 5.75. The molecule has 0 saturated carbocycles. The van der Waals surface area contributed by atoms with E-state index in [2.05, 4.69) is 24.5 Å². The first-order valence-electron chi connectivity index (χ1n) is 6.13. The minimum Gasteiger partial charge on any atom is -0.380 e. The molecule has 2 N–H and O–H groups in total. The highest BCUT2D eigenvalue weighted by atomic mass is 16.5. The lowest BCUT2D eigenvalue weighted by Crippen LogP contribution is -2.38. The zero-order valence-electron chi connectivity index (χ0n) is 11.0. The first-order valence-corrected chi connectivity index (χ1v) is 6.13. The smallest absolute Gasteiger partial charge is 0.219 e. The third kappa shape index (κ3) is 7.65. The van der Waals surface area contributed by atoms with Crippen molar-refractivity contribution in [3.8, 4) is 0 Å². The Morgan fingerprint density at radius 1 is 1.38 bits per heavy atom. The molecule has 0 rings (SSSR count). The maximum absolute atomic E-state index is 11.0. The first-order chi connectivity index (χ1) is 7.61. The maximum Gasteiger partial charge on any atom is 0.219 e. The molecule has 0 aliphatic carbocycles. The Hall–Kier alpha value is -0.610. The van der Waals surface area contributed by atoms with Crippen molar-refractivity contribution in [3.05, 3.63) is 0 Å². The minimum absolute atomic E-state index is 0.104. The van der Waals surface area contributed by atoms with Crippen LogP contribution < -0.4 is 10.6 Å². The number of carbonyl (C=O) groups is 1. The van der Waals surface area contributed by atoms with E-state index >= 15 is 0 Å². The van der Waals surface area contributed by atoms with Crippen molar-refractivity contribution in [1.29, 1.82) is 0 Å². The van der Waals surface area contributed by atoms with Crippen LogP contribution in [0, 0.1) is 5.92 Å². The van der Waals surface area contributed by atoms with Crippen LogP contribution >= 0.6 is 0 Å². The molecule has 0 aromatic heterocycles. The van der Waals surface area contributed by atoms with Crippen molar-refractivity contribution in [2.45, 2.75) is 39.7 Å². The van der Waals surface area contributed by atoms with Gasteiger partial charge in [0.25, 0.3) is 0 Å². The summed E-state index contributed by atoms with van der Waals surface area (Å²) in [6, 6.07) is 0.379. The average molecular weight is 230 g/mol. The Kier molecular flexibility index (Phi) is 9.24. The zero-order chi connectivity index (χ0) is 12.4. The van der Waals surface area contributed by atoms with Crippen LogP contribution in [0.25, 0.3) is 0 Å². The number of ether oxygens (including phenoxy) is 1. The molecule has 16 heavy (non-hydrogen) atoms. The third-order valence-electron chi connectivity index (χ3n) is 2.57. The lowest BCUT2D eigenvalue weighted by molar-refractivity contribution is -0.120. The summed E-state index contributed by atoms with van der Waals surface area (Å²) in [7, 11) is 1.67. The van der Waals surface area contributed by atoms with E-state index in [0.717, 1.165) is 26.2 Å². The van der Waals surface area contributed by atoms with Gasteiger partial charge in [0.15, 0.2) is 0 Å². The monoisotopic (exact) mass is 230 g/mol. The van der Waals surface area contributed by atoms with Gasteiger partial charge in [-0.05, 0) is 25.8 Å². The number of nitrogens with one attached hydrogen (secondary N) is 2. The molecule has 0 radical (unpaired) electrons. The number of hydrogen-bond acceptors (Lipinski definition) is 3. The van der Waals surface area contributed by atoms with E-state index in [1.54, 1.807) is 7.05 Å². The third-order valence-corrected chi connectivity index (χ3v) is 2.57. The SMILES string of the molecule is CCOCC(NCCCC(=O)NC)C(C)C. The van der Waals surface area contributed by atoms with Crippen LogP contribution in [0.3, 0.4) is 0 Å². The van der Waals surface area contributed by atoms with Gasteiger partial charge in [0.05, 0.1) is 6.61 Å². The van der Waals surface area contributed by atoms with Crippen LogP contribution in [0.4, 0.5) is 0 Å². The van der Waals surface area contributed by atoms with Crippen molar-refractivity contribution in [2.75, 3.05) is 26.8 Å². The van der Waals surface area contributed by atoms with E-state index in [1.807, 2.05) is 6.92 Å². The Labute approximate surface area is 99.1 Å². The molecule has 1 atom stereocenters. The summed E-state index contributed by atoms with van der Waals surface area (Å²) in [6.45, 7) is 8.72. The van der Waals surface area contributed by atoms with Gasteiger partial charge in [-0.25, -0.2) is 0 Å². The van der Waals surface area contributed by atoms with Gasteiger partial charge in [0.1, 0.15) is 0 Å². The second-order valence-electron chi connectivity index (χ2n) is 4.24. The second kappa shape index (κ2) is 9.60. The average Bonchev–Trinajstić information content (AvgIpc) is 2.27. The molecule has 0 spiro atoms. The van der Waals surface area contributed by atoms with Crippen molar-refractivity contribution >= 4 is 5.91 Å². The van der Waals surface area contributed by atoms with Crippen LogP contribution in [0.5, 0.6) is 0 Å². The number of amides is 1. The van der Waals surface area contributed by atoms with Crippen molar-refractivity contribution in [3.63, 3.8) is 0 Å². The summed E-state index contributed by atoms with van der Waals surface area (Å²) < 4.78 is 5.41. The molecule has 0 heterocycles. The Balaban J connectivity index is 3.63. The van der Waals surface area contributed by atoms with Gasteiger partial charge < -0.3 is 15.4 Å².